The minimum absolute atomic E-state index is 0.146. The van der Waals surface area contributed by atoms with Gasteiger partial charge in [-0.05, 0) is 25.5 Å². The molecule has 0 radical (unpaired) electrons. The average Bonchev–Trinajstić information content (AvgIpc) is 2.72. The second-order valence-corrected chi connectivity index (χ2v) is 3.96. The SMILES string of the molecule is Cc1nnc(-c2ccncc2)n1CCCC(=O)O. The number of nitrogens with zero attached hydrogens (tertiary/aromatic N) is 4. The first kappa shape index (κ1) is 12.2. The Bertz CT molecular complexity index is 536. The maximum Gasteiger partial charge on any atom is 0.303 e. The topological polar surface area (TPSA) is 80.9 Å². The highest BCUT2D eigenvalue weighted by molar-refractivity contribution is 5.66. The van der Waals surface area contributed by atoms with Crippen LogP contribution in [0.15, 0.2) is 24.5 Å². The number of carboxylic acids is 1. The molecule has 0 aromatic carbocycles. The molecule has 6 nitrogen and oxygen atoms in total. The van der Waals surface area contributed by atoms with E-state index in [1.165, 1.54) is 0 Å². The third-order valence-electron chi connectivity index (χ3n) is 2.65. The molecule has 0 spiro atoms. The number of aryl methyl sites for hydroxylation is 1. The fourth-order valence-electron chi connectivity index (χ4n) is 1.75. The van der Waals surface area contributed by atoms with Gasteiger partial charge in [0.1, 0.15) is 5.82 Å². The van der Waals surface area contributed by atoms with Gasteiger partial charge in [-0.3, -0.25) is 9.78 Å². The van der Waals surface area contributed by atoms with Crippen molar-refractivity contribution in [1.29, 1.82) is 0 Å². The molecule has 6 heteroatoms. The standard InChI is InChI=1S/C12H14N4O2/c1-9-14-15-12(10-4-6-13-7-5-10)16(9)8-2-3-11(17)18/h4-7H,2-3,8H2,1H3,(H,17,18). The lowest BCUT2D eigenvalue weighted by Crippen LogP contribution is -2.05. The molecule has 0 saturated carbocycles. The quantitative estimate of drug-likeness (QED) is 0.864. The van der Waals surface area contributed by atoms with E-state index in [2.05, 4.69) is 15.2 Å². The highest BCUT2D eigenvalue weighted by atomic mass is 16.4. The smallest absolute Gasteiger partial charge is 0.303 e. The summed E-state index contributed by atoms with van der Waals surface area (Å²) in [5.74, 6) is 0.749. The van der Waals surface area contributed by atoms with Gasteiger partial charge in [-0.15, -0.1) is 10.2 Å². The van der Waals surface area contributed by atoms with Gasteiger partial charge in [0.05, 0.1) is 0 Å². The van der Waals surface area contributed by atoms with Crippen molar-refractivity contribution in [3.63, 3.8) is 0 Å². The van der Waals surface area contributed by atoms with Crippen molar-refractivity contribution in [2.75, 3.05) is 0 Å². The first-order chi connectivity index (χ1) is 8.68. The van der Waals surface area contributed by atoms with E-state index in [1.807, 2.05) is 23.6 Å². The second-order valence-electron chi connectivity index (χ2n) is 3.96. The first-order valence-corrected chi connectivity index (χ1v) is 5.70. The van der Waals surface area contributed by atoms with Crippen molar-refractivity contribution in [1.82, 2.24) is 19.7 Å². The van der Waals surface area contributed by atoms with Crippen molar-refractivity contribution in [2.45, 2.75) is 26.3 Å². The summed E-state index contributed by atoms with van der Waals surface area (Å²) in [6.45, 7) is 2.46. The van der Waals surface area contributed by atoms with Crippen LogP contribution in [-0.4, -0.2) is 30.8 Å². The lowest BCUT2D eigenvalue weighted by molar-refractivity contribution is -0.137. The minimum Gasteiger partial charge on any atom is -0.481 e. The molecule has 2 heterocycles. The summed E-state index contributed by atoms with van der Waals surface area (Å²) in [6, 6.07) is 3.72. The van der Waals surface area contributed by atoms with Crippen LogP contribution in [0, 0.1) is 6.92 Å². The Labute approximate surface area is 104 Å². The van der Waals surface area contributed by atoms with E-state index in [-0.39, 0.29) is 6.42 Å². The van der Waals surface area contributed by atoms with E-state index in [0.717, 1.165) is 17.2 Å². The Morgan fingerprint density at radius 2 is 2.06 bits per heavy atom. The number of hydrogen-bond acceptors (Lipinski definition) is 4. The molecule has 1 N–H and O–H groups in total. The van der Waals surface area contributed by atoms with Crippen LogP contribution < -0.4 is 0 Å². The predicted octanol–water partition coefficient (Wildman–Crippen LogP) is 1.51. The molecular formula is C12H14N4O2. The molecule has 18 heavy (non-hydrogen) atoms. The van der Waals surface area contributed by atoms with Gasteiger partial charge in [0.25, 0.3) is 0 Å². The molecule has 0 aliphatic rings. The fraction of sp³-hybridized carbons (Fsp3) is 0.333. The van der Waals surface area contributed by atoms with Gasteiger partial charge in [-0.25, -0.2) is 0 Å². The highest BCUT2D eigenvalue weighted by Gasteiger charge is 2.10. The third-order valence-corrected chi connectivity index (χ3v) is 2.65. The van der Waals surface area contributed by atoms with Crippen LogP contribution in [-0.2, 0) is 11.3 Å². The van der Waals surface area contributed by atoms with Crippen molar-refractivity contribution in [3.05, 3.63) is 30.4 Å². The first-order valence-electron chi connectivity index (χ1n) is 5.70. The number of hydrogen-bond donors (Lipinski definition) is 1. The lowest BCUT2D eigenvalue weighted by atomic mass is 10.2. The predicted molar refractivity (Wildman–Crippen MR) is 64.9 cm³/mol. The van der Waals surface area contributed by atoms with Gasteiger partial charge in [0, 0.05) is 30.9 Å². The van der Waals surface area contributed by atoms with Crippen LogP contribution >= 0.6 is 0 Å². The molecule has 0 aliphatic heterocycles. The molecule has 94 valence electrons. The number of rotatable bonds is 5. The summed E-state index contributed by atoms with van der Waals surface area (Å²) in [6.07, 6.45) is 4.10. The van der Waals surface area contributed by atoms with E-state index in [9.17, 15) is 4.79 Å². The lowest BCUT2D eigenvalue weighted by Gasteiger charge is -2.07. The van der Waals surface area contributed by atoms with E-state index in [0.29, 0.717) is 13.0 Å². The van der Waals surface area contributed by atoms with Crippen molar-refractivity contribution >= 4 is 5.97 Å². The maximum atomic E-state index is 10.5. The van der Waals surface area contributed by atoms with Crippen LogP contribution in [0.2, 0.25) is 0 Å². The summed E-state index contributed by atoms with van der Waals surface area (Å²) in [4.78, 5) is 14.5. The second kappa shape index (κ2) is 5.39. The highest BCUT2D eigenvalue weighted by Crippen LogP contribution is 2.17. The van der Waals surface area contributed by atoms with Crippen LogP contribution in [0.4, 0.5) is 0 Å². The number of aliphatic carboxylic acids is 1. The molecule has 0 amide bonds. The fourth-order valence-corrected chi connectivity index (χ4v) is 1.75. The summed E-state index contributed by atoms with van der Waals surface area (Å²) < 4.78 is 1.93. The summed E-state index contributed by atoms with van der Waals surface area (Å²) in [7, 11) is 0. The van der Waals surface area contributed by atoms with Gasteiger partial charge >= 0.3 is 5.97 Å². The zero-order valence-corrected chi connectivity index (χ0v) is 10.1. The van der Waals surface area contributed by atoms with Crippen LogP contribution in [0.1, 0.15) is 18.7 Å². The Balaban J connectivity index is 2.20. The van der Waals surface area contributed by atoms with Crippen LogP contribution in [0.5, 0.6) is 0 Å². The molecule has 2 rings (SSSR count). The molecule has 2 aromatic rings. The minimum atomic E-state index is -0.786. The van der Waals surface area contributed by atoms with E-state index in [1.54, 1.807) is 12.4 Å². The normalized spacial score (nSPS) is 10.5. The van der Waals surface area contributed by atoms with Gasteiger partial charge in [0.2, 0.25) is 0 Å². The number of aromatic nitrogens is 4. The average molecular weight is 246 g/mol. The van der Waals surface area contributed by atoms with Crippen molar-refractivity contribution < 1.29 is 9.90 Å². The van der Waals surface area contributed by atoms with Gasteiger partial charge in [-0.2, -0.15) is 0 Å². The molecule has 0 bridgehead atoms. The monoisotopic (exact) mass is 246 g/mol. The van der Waals surface area contributed by atoms with E-state index >= 15 is 0 Å². The van der Waals surface area contributed by atoms with Crippen molar-refractivity contribution in [2.24, 2.45) is 0 Å². The maximum absolute atomic E-state index is 10.5. The third kappa shape index (κ3) is 2.71. The molecule has 0 unspecified atom stereocenters. The van der Waals surface area contributed by atoms with E-state index < -0.39 is 5.97 Å². The summed E-state index contributed by atoms with van der Waals surface area (Å²) in [5, 5.41) is 16.8. The Morgan fingerprint density at radius 3 is 2.72 bits per heavy atom. The van der Waals surface area contributed by atoms with Gasteiger partial charge in [0.15, 0.2) is 5.82 Å². The largest absolute Gasteiger partial charge is 0.481 e. The Kier molecular flexibility index (Phi) is 3.66. The van der Waals surface area contributed by atoms with Gasteiger partial charge in [-0.1, -0.05) is 0 Å². The molecule has 0 atom stereocenters. The number of carbonyl (C=O) groups is 1. The molecule has 2 aromatic heterocycles. The summed E-state index contributed by atoms with van der Waals surface area (Å²) >= 11 is 0. The van der Waals surface area contributed by atoms with Crippen molar-refractivity contribution in [3.8, 4) is 11.4 Å². The molecule has 0 fully saturated rings. The zero-order chi connectivity index (χ0) is 13.0. The summed E-state index contributed by atoms with van der Waals surface area (Å²) in [5.41, 5.74) is 0.931. The number of carboxylic acid groups (broad SMARTS) is 1. The zero-order valence-electron chi connectivity index (χ0n) is 10.1. The molecule has 0 aliphatic carbocycles. The Hall–Kier alpha value is -2.24. The van der Waals surface area contributed by atoms with Crippen LogP contribution in [0.3, 0.4) is 0 Å². The van der Waals surface area contributed by atoms with Crippen LogP contribution in [0.25, 0.3) is 11.4 Å². The van der Waals surface area contributed by atoms with Gasteiger partial charge < -0.3 is 9.67 Å². The van der Waals surface area contributed by atoms with E-state index in [4.69, 9.17) is 5.11 Å². The molecular weight excluding hydrogens is 232 g/mol. The Morgan fingerprint density at radius 1 is 1.33 bits per heavy atom. The molecule has 0 saturated heterocycles. The number of pyridine rings is 1.